The van der Waals surface area contributed by atoms with Gasteiger partial charge in [0.25, 0.3) is 0 Å². The van der Waals surface area contributed by atoms with Crippen molar-refractivity contribution in [2.24, 2.45) is 0 Å². The number of nitrogens with zero attached hydrogens (tertiary/aromatic N) is 3. The van der Waals surface area contributed by atoms with Gasteiger partial charge in [0.15, 0.2) is 11.0 Å². The van der Waals surface area contributed by atoms with Crippen LogP contribution in [0.1, 0.15) is 12.2 Å². The molecule has 0 aliphatic heterocycles. The molecule has 27 heavy (non-hydrogen) atoms. The topological polar surface area (TPSA) is 69.4 Å². The highest BCUT2D eigenvalue weighted by atomic mass is 32.2. The first-order valence-electron chi connectivity index (χ1n) is 8.42. The molecular weight excluding hydrogens is 369 g/mol. The monoisotopic (exact) mass is 389 g/mol. The number of ether oxygens (including phenoxy) is 2. The fraction of sp³-hybridized carbons (Fsp3) is 0.263. The Bertz CT molecular complexity index is 871. The van der Waals surface area contributed by atoms with Gasteiger partial charge in [-0.15, -0.1) is 10.2 Å². The Morgan fingerprint density at radius 2 is 1.81 bits per heavy atom. The van der Waals surface area contributed by atoms with Gasteiger partial charge in [0.2, 0.25) is 0 Å². The Kier molecular flexibility index (Phi) is 6.67. The average molecular weight is 389 g/mol. The summed E-state index contributed by atoms with van der Waals surface area (Å²) in [6.07, 6.45) is 0.618. The van der Waals surface area contributed by atoms with Crippen molar-refractivity contribution in [3.63, 3.8) is 0 Å². The summed E-state index contributed by atoms with van der Waals surface area (Å²) in [6, 6.07) is 13.6. The van der Waals surface area contributed by atoms with E-state index >= 15 is 0 Å². The second-order valence-corrected chi connectivity index (χ2v) is 6.64. The Morgan fingerprint density at radius 3 is 2.52 bits per heavy atom. The molecule has 0 saturated heterocycles. The van der Waals surface area contributed by atoms with E-state index in [9.17, 15) is 4.39 Å². The van der Waals surface area contributed by atoms with E-state index < -0.39 is 0 Å². The van der Waals surface area contributed by atoms with Crippen LogP contribution in [-0.4, -0.2) is 39.3 Å². The maximum atomic E-state index is 14.4. The van der Waals surface area contributed by atoms with E-state index in [1.54, 1.807) is 54.1 Å². The normalized spacial score (nSPS) is 10.8. The lowest BCUT2D eigenvalue weighted by Crippen LogP contribution is -2.08. The van der Waals surface area contributed by atoms with Gasteiger partial charge in [0.1, 0.15) is 23.9 Å². The van der Waals surface area contributed by atoms with Crippen LogP contribution < -0.4 is 9.47 Å². The minimum Gasteiger partial charge on any atom is -0.497 e. The standard InChI is InChI=1S/C19H20FN3O3S/c1-25-14-7-9-15(10-8-14)26-13-18-21-22-19(27-12-4-11-24)23(18)17-6-3-2-5-16(17)20/h2-3,5-10,24H,4,11-13H2,1H3. The molecule has 0 aliphatic carbocycles. The number of aromatic nitrogens is 3. The Labute approximate surface area is 161 Å². The lowest BCUT2D eigenvalue weighted by atomic mass is 10.3. The zero-order chi connectivity index (χ0) is 19.1. The molecule has 0 radical (unpaired) electrons. The summed E-state index contributed by atoms with van der Waals surface area (Å²) < 4.78 is 26.9. The molecule has 0 aliphatic rings. The quantitative estimate of drug-likeness (QED) is 0.446. The molecule has 1 aromatic heterocycles. The van der Waals surface area contributed by atoms with Crippen molar-refractivity contribution in [2.75, 3.05) is 19.5 Å². The number of halogens is 1. The molecular formula is C19H20FN3O3S. The lowest BCUT2D eigenvalue weighted by molar-refractivity contribution is 0.292. The second-order valence-electron chi connectivity index (χ2n) is 5.58. The largest absolute Gasteiger partial charge is 0.497 e. The van der Waals surface area contributed by atoms with E-state index in [2.05, 4.69) is 10.2 Å². The third-order valence-corrected chi connectivity index (χ3v) is 4.77. The number of benzene rings is 2. The molecule has 0 amide bonds. The minimum absolute atomic E-state index is 0.0915. The summed E-state index contributed by atoms with van der Waals surface area (Å²) in [6.45, 7) is 0.225. The van der Waals surface area contributed by atoms with Crippen LogP contribution in [0.15, 0.2) is 53.7 Å². The van der Waals surface area contributed by atoms with E-state index in [4.69, 9.17) is 14.6 Å². The molecule has 0 saturated carbocycles. The summed E-state index contributed by atoms with van der Waals surface area (Å²) in [7, 11) is 1.60. The highest BCUT2D eigenvalue weighted by Gasteiger charge is 2.17. The number of hydrogen-bond acceptors (Lipinski definition) is 6. The van der Waals surface area contributed by atoms with Crippen LogP contribution in [0.3, 0.4) is 0 Å². The van der Waals surface area contributed by atoms with E-state index in [1.807, 2.05) is 0 Å². The van der Waals surface area contributed by atoms with Gasteiger partial charge in [0, 0.05) is 12.4 Å². The molecule has 0 spiro atoms. The molecule has 0 fully saturated rings. The summed E-state index contributed by atoms with van der Waals surface area (Å²) in [5, 5.41) is 17.9. The smallest absolute Gasteiger partial charge is 0.196 e. The van der Waals surface area contributed by atoms with Crippen molar-refractivity contribution in [3.8, 4) is 17.2 Å². The molecule has 1 heterocycles. The van der Waals surface area contributed by atoms with Crippen LogP contribution >= 0.6 is 11.8 Å². The van der Waals surface area contributed by atoms with Gasteiger partial charge < -0.3 is 14.6 Å². The summed E-state index contributed by atoms with van der Waals surface area (Å²) >= 11 is 1.41. The molecule has 0 atom stereocenters. The van der Waals surface area contributed by atoms with Crippen LogP contribution in [-0.2, 0) is 6.61 Å². The van der Waals surface area contributed by atoms with Crippen molar-refractivity contribution in [1.29, 1.82) is 0 Å². The second kappa shape index (κ2) is 9.38. The molecule has 8 heteroatoms. The Morgan fingerprint density at radius 1 is 1.07 bits per heavy atom. The fourth-order valence-corrected chi connectivity index (χ4v) is 3.30. The van der Waals surface area contributed by atoms with Gasteiger partial charge in [-0.3, -0.25) is 4.57 Å². The van der Waals surface area contributed by atoms with Crippen LogP contribution in [0.25, 0.3) is 5.69 Å². The summed E-state index contributed by atoms with van der Waals surface area (Å²) in [5.41, 5.74) is 0.363. The van der Waals surface area contributed by atoms with E-state index in [-0.39, 0.29) is 19.0 Å². The maximum Gasteiger partial charge on any atom is 0.196 e. The van der Waals surface area contributed by atoms with Crippen molar-refractivity contribution in [3.05, 3.63) is 60.2 Å². The lowest BCUT2D eigenvalue weighted by Gasteiger charge is -2.12. The highest BCUT2D eigenvalue weighted by Crippen LogP contribution is 2.25. The molecule has 0 bridgehead atoms. The average Bonchev–Trinajstić information content (AvgIpc) is 3.10. The molecule has 3 rings (SSSR count). The van der Waals surface area contributed by atoms with Gasteiger partial charge in [-0.1, -0.05) is 23.9 Å². The zero-order valence-corrected chi connectivity index (χ0v) is 15.7. The number of para-hydroxylation sites is 1. The molecule has 142 valence electrons. The molecule has 2 aromatic carbocycles. The van der Waals surface area contributed by atoms with Crippen LogP contribution in [0.5, 0.6) is 11.5 Å². The number of aliphatic hydroxyl groups is 1. The van der Waals surface area contributed by atoms with Gasteiger partial charge >= 0.3 is 0 Å². The van der Waals surface area contributed by atoms with Crippen LogP contribution in [0.4, 0.5) is 4.39 Å². The van der Waals surface area contributed by atoms with E-state index in [0.717, 1.165) is 5.75 Å². The first kappa shape index (κ1) is 19.2. The number of thioether (sulfide) groups is 1. The van der Waals surface area contributed by atoms with E-state index in [0.29, 0.717) is 34.6 Å². The van der Waals surface area contributed by atoms with Gasteiger partial charge in [0.05, 0.1) is 12.8 Å². The number of methoxy groups -OCH3 is 1. The van der Waals surface area contributed by atoms with E-state index in [1.165, 1.54) is 17.8 Å². The maximum absolute atomic E-state index is 14.4. The predicted molar refractivity (Wildman–Crippen MR) is 101 cm³/mol. The molecule has 6 nitrogen and oxygen atoms in total. The van der Waals surface area contributed by atoms with Gasteiger partial charge in [-0.2, -0.15) is 0 Å². The molecule has 3 aromatic rings. The SMILES string of the molecule is COc1ccc(OCc2nnc(SCCCO)n2-c2ccccc2F)cc1. The Balaban J connectivity index is 1.84. The van der Waals surface area contributed by atoms with Gasteiger partial charge in [-0.05, 0) is 42.8 Å². The first-order chi connectivity index (χ1) is 13.2. The van der Waals surface area contributed by atoms with Crippen molar-refractivity contribution >= 4 is 11.8 Å². The molecule has 0 unspecified atom stereocenters. The number of aliphatic hydroxyl groups excluding tert-OH is 1. The minimum atomic E-state index is -0.369. The summed E-state index contributed by atoms with van der Waals surface area (Å²) in [5.74, 6) is 2.16. The van der Waals surface area contributed by atoms with Crippen LogP contribution in [0, 0.1) is 5.82 Å². The highest BCUT2D eigenvalue weighted by molar-refractivity contribution is 7.99. The third kappa shape index (κ3) is 4.78. The fourth-order valence-electron chi connectivity index (χ4n) is 2.41. The first-order valence-corrected chi connectivity index (χ1v) is 9.41. The van der Waals surface area contributed by atoms with Gasteiger partial charge in [-0.25, -0.2) is 4.39 Å². The number of rotatable bonds is 9. The van der Waals surface area contributed by atoms with Crippen LogP contribution in [0.2, 0.25) is 0 Å². The predicted octanol–water partition coefficient (Wildman–Crippen LogP) is 3.47. The third-order valence-electron chi connectivity index (χ3n) is 3.75. The summed E-state index contributed by atoms with van der Waals surface area (Å²) in [4.78, 5) is 0. The Hall–Kier alpha value is -2.58. The number of hydrogen-bond donors (Lipinski definition) is 1. The van der Waals surface area contributed by atoms with Crippen molar-refractivity contribution in [2.45, 2.75) is 18.2 Å². The molecule has 1 N–H and O–H groups in total. The van der Waals surface area contributed by atoms with Crippen molar-refractivity contribution in [1.82, 2.24) is 14.8 Å². The zero-order valence-electron chi connectivity index (χ0n) is 14.8. The van der Waals surface area contributed by atoms with Crippen molar-refractivity contribution < 1.29 is 19.0 Å².